The molecule has 31 heavy (non-hydrogen) atoms. The van der Waals surface area contributed by atoms with E-state index in [0.29, 0.717) is 32.1 Å². The number of nitrogens with zero attached hydrogens (tertiary/aromatic N) is 1. The monoisotopic (exact) mass is 434 g/mol. The maximum Gasteiger partial charge on any atom is 0.410 e. The van der Waals surface area contributed by atoms with E-state index in [1.54, 1.807) is 0 Å². The molecule has 1 aromatic carbocycles. The van der Waals surface area contributed by atoms with Gasteiger partial charge in [0.25, 0.3) is 0 Å². The lowest BCUT2D eigenvalue weighted by atomic mass is 9.62. The Kier molecular flexibility index (Phi) is 6.44. The second kappa shape index (κ2) is 8.94. The number of hydrogen-bond acceptors (Lipinski definition) is 5. The maximum atomic E-state index is 14.2. The molecule has 0 radical (unpaired) electrons. The minimum absolute atomic E-state index is 0.0601. The van der Waals surface area contributed by atoms with Gasteiger partial charge in [-0.15, -0.1) is 0 Å². The number of carbonyl (C=O) groups is 1. The minimum Gasteiger partial charge on any atom is -0.488 e. The fraction of sp³-hybridized carbons (Fsp3) is 0.708. The van der Waals surface area contributed by atoms with Crippen molar-refractivity contribution in [3.63, 3.8) is 0 Å². The predicted octanol–water partition coefficient (Wildman–Crippen LogP) is 4.09. The molecule has 3 aliphatic rings. The Morgan fingerprint density at radius 2 is 2.03 bits per heavy atom. The third kappa shape index (κ3) is 5.14. The number of likely N-dealkylation sites (tertiary alicyclic amines) is 1. The molecule has 0 aromatic heterocycles. The number of amides is 1. The van der Waals surface area contributed by atoms with E-state index in [4.69, 9.17) is 14.2 Å². The SMILES string of the molecule is CC(C)(C)OC(=O)N1CCC2(CCNCC2)C(c2ccc(F)cc2O[C@@H]2CCOC2)C1. The van der Waals surface area contributed by atoms with E-state index in [-0.39, 0.29) is 29.3 Å². The lowest BCUT2D eigenvalue weighted by molar-refractivity contribution is -0.00299. The molecule has 0 saturated carbocycles. The summed E-state index contributed by atoms with van der Waals surface area (Å²) < 4.78 is 31.6. The maximum absolute atomic E-state index is 14.2. The van der Waals surface area contributed by atoms with Crippen LogP contribution >= 0.6 is 0 Å². The summed E-state index contributed by atoms with van der Waals surface area (Å²) in [6, 6.07) is 4.86. The van der Waals surface area contributed by atoms with E-state index in [2.05, 4.69) is 5.32 Å². The van der Waals surface area contributed by atoms with Crippen molar-refractivity contribution in [3.8, 4) is 5.75 Å². The van der Waals surface area contributed by atoms with E-state index < -0.39 is 5.60 Å². The molecule has 1 N–H and O–H groups in total. The number of piperidine rings is 2. The normalized spacial score (nSPS) is 26.1. The molecule has 0 bridgehead atoms. The molecule has 3 saturated heterocycles. The molecule has 1 aromatic rings. The number of hydrogen-bond donors (Lipinski definition) is 1. The average molecular weight is 435 g/mol. The number of ether oxygens (including phenoxy) is 3. The highest BCUT2D eigenvalue weighted by atomic mass is 19.1. The zero-order valence-corrected chi connectivity index (χ0v) is 18.9. The summed E-state index contributed by atoms with van der Waals surface area (Å²) in [5.74, 6) is 0.343. The molecule has 1 spiro atoms. The van der Waals surface area contributed by atoms with Gasteiger partial charge in [-0.25, -0.2) is 9.18 Å². The predicted molar refractivity (Wildman–Crippen MR) is 116 cm³/mol. The number of carbonyl (C=O) groups excluding carboxylic acids is 1. The molecule has 7 heteroatoms. The summed E-state index contributed by atoms with van der Waals surface area (Å²) in [5.41, 5.74) is 0.512. The standard InChI is InChI=1S/C24H35FN2O4/c1-23(2,3)31-22(28)27-12-9-24(7-10-26-11-8-24)20(15-27)19-5-4-17(25)14-21(19)30-18-6-13-29-16-18/h4-5,14,18,20,26H,6-13,15-16H2,1-3H3/t18-,20?/m1/s1. The second-order valence-electron chi connectivity index (χ2n) is 10.1. The van der Waals surface area contributed by atoms with Crippen molar-refractivity contribution in [1.82, 2.24) is 10.2 Å². The van der Waals surface area contributed by atoms with Crippen LogP contribution in [0.1, 0.15) is 57.9 Å². The van der Waals surface area contributed by atoms with E-state index in [1.807, 2.05) is 31.7 Å². The first-order valence-corrected chi connectivity index (χ1v) is 11.5. The summed E-state index contributed by atoms with van der Waals surface area (Å²) in [7, 11) is 0. The molecule has 3 heterocycles. The Morgan fingerprint density at radius 1 is 1.26 bits per heavy atom. The first kappa shape index (κ1) is 22.3. The van der Waals surface area contributed by atoms with Crippen molar-refractivity contribution in [1.29, 1.82) is 0 Å². The molecule has 4 rings (SSSR count). The Bertz CT molecular complexity index is 782. The van der Waals surface area contributed by atoms with Gasteiger partial charge >= 0.3 is 6.09 Å². The van der Waals surface area contributed by atoms with Gasteiger partial charge in [0.2, 0.25) is 0 Å². The van der Waals surface area contributed by atoms with Gasteiger partial charge in [0, 0.05) is 31.5 Å². The molecular weight excluding hydrogens is 399 g/mol. The van der Waals surface area contributed by atoms with Gasteiger partial charge in [-0.2, -0.15) is 0 Å². The van der Waals surface area contributed by atoms with Crippen molar-refractivity contribution in [3.05, 3.63) is 29.6 Å². The second-order valence-corrected chi connectivity index (χ2v) is 10.1. The molecule has 1 amide bonds. The molecule has 1 unspecified atom stereocenters. The molecule has 172 valence electrons. The van der Waals surface area contributed by atoms with Crippen molar-refractivity contribution in [2.75, 3.05) is 39.4 Å². The Labute approximate surface area is 184 Å². The van der Waals surface area contributed by atoms with Crippen LogP contribution in [0.5, 0.6) is 5.75 Å². The van der Waals surface area contributed by atoms with Crippen LogP contribution in [0.3, 0.4) is 0 Å². The van der Waals surface area contributed by atoms with Gasteiger partial charge in [0.15, 0.2) is 0 Å². The van der Waals surface area contributed by atoms with Crippen LogP contribution in [0.15, 0.2) is 18.2 Å². The highest BCUT2D eigenvalue weighted by molar-refractivity contribution is 5.68. The van der Waals surface area contributed by atoms with Gasteiger partial charge in [-0.3, -0.25) is 0 Å². The largest absolute Gasteiger partial charge is 0.488 e. The fourth-order valence-corrected chi connectivity index (χ4v) is 5.16. The van der Waals surface area contributed by atoms with Crippen LogP contribution in [0.25, 0.3) is 0 Å². The number of halogens is 1. The highest BCUT2D eigenvalue weighted by Crippen LogP contribution is 2.51. The van der Waals surface area contributed by atoms with Gasteiger partial charge in [0.1, 0.15) is 23.3 Å². The fourth-order valence-electron chi connectivity index (χ4n) is 5.16. The van der Waals surface area contributed by atoms with Crippen molar-refractivity contribution >= 4 is 6.09 Å². The first-order chi connectivity index (χ1) is 14.8. The average Bonchev–Trinajstić information content (AvgIpc) is 3.21. The number of benzene rings is 1. The summed E-state index contributed by atoms with van der Waals surface area (Å²) in [4.78, 5) is 14.7. The van der Waals surface area contributed by atoms with E-state index in [0.717, 1.165) is 44.3 Å². The van der Waals surface area contributed by atoms with Gasteiger partial charge in [-0.05, 0) is 70.2 Å². The lowest BCUT2D eigenvalue weighted by Crippen LogP contribution is -2.52. The Morgan fingerprint density at radius 3 is 2.71 bits per heavy atom. The zero-order valence-electron chi connectivity index (χ0n) is 18.9. The van der Waals surface area contributed by atoms with Crippen LogP contribution in [0.2, 0.25) is 0 Å². The summed E-state index contributed by atoms with van der Waals surface area (Å²) in [6.07, 6.45) is 3.43. The Balaban J connectivity index is 1.65. The number of nitrogens with one attached hydrogen (secondary N) is 1. The summed E-state index contributed by atoms with van der Waals surface area (Å²) in [6.45, 7) is 9.99. The molecule has 2 atom stereocenters. The van der Waals surface area contributed by atoms with Crippen LogP contribution < -0.4 is 10.1 Å². The van der Waals surface area contributed by atoms with Crippen LogP contribution in [0.4, 0.5) is 9.18 Å². The molecule has 0 aliphatic carbocycles. The smallest absolute Gasteiger partial charge is 0.410 e. The van der Waals surface area contributed by atoms with E-state index in [9.17, 15) is 9.18 Å². The van der Waals surface area contributed by atoms with E-state index in [1.165, 1.54) is 12.1 Å². The van der Waals surface area contributed by atoms with E-state index >= 15 is 0 Å². The summed E-state index contributed by atoms with van der Waals surface area (Å²) in [5, 5.41) is 3.46. The highest BCUT2D eigenvalue weighted by Gasteiger charge is 2.47. The molecule has 3 fully saturated rings. The lowest BCUT2D eigenvalue weighted by Gasteiger charge is -2.50. The summed E-state index contributed by atoms with van der Waals surface area (Å²) >= 11 is 0. The third-order valence-electron chi connectivity index (χ3n) is 6.81. The van der Waals surface area contributed by atoms with Crippen molar-refractivity contribution in [2.45, 2.75) is 64.1 Å². The topological polar surface area (TPSA) is 60.0 Å². The van der Waals surface area contributed by atoms with Gasteiger partial charge in [0.05, 0.1) is 13.2 Å². The van der Waals surface area contributed by atoms with Crippen molar-refractivity contribution < 1.29 is 23.4 Å². The molecule has 6 nitrogen and oxygen atoms in total. The van der Waals surface area contributed by atoms with Crippen molar-refractivity contribution in [2.24, 2.45) is 5.41 Å². The van der Waals surface area contributed by atoms with Gasteiger partial charge < -0.3 is 24.4 Å². The van der Waals surface area contributed by atoms with Crippen LogP contribution in [-0.4, -0.2) is 62.1 Å². The Hall–Kier alpha value is -1.86. The molecular formula is C24H35FN2O4. The van der Waals surface area contributed by atoms with Crippen LogP contribution in [-0.2, 0) is 9.47 Å². The van der Waals surface area contributed by atoms with Crippen LogP contribution in [0, 0.1) is 11.2 Å². The first-order valence-electron chi connectivity index (χ1n) is 11.5. The third-order valence-corrected chi connectivity index (χ3v) is 6.81. The molecule has 3 aliphatic heterocycles. The minimum atomic E-state index is -0.539. The number of rotatable bonds is 3. The quantitative estimate of drug-likeness (QED) is 0.777. The van der Waals surface area contributed by atoms with Gasteiger partial charge in [-0.1, -0.05) is 6.07 Å². The zero-order chi connectivity index (χ0) is 22.1.